The molecule has 0 aliphatic carbocycles. The second-order valence-electron chi connectivity index (χ2n) is 4.70. The number of carbonyl (C=O) groups excluding carboxylic acids is 1. The molecule has 0 aromatic heterocycles. The highest BCUT2D eigenvalue weighted by atomic mass is 35.5. The van der Waals surface area contributed by atoms with E-state index in [2.05, 4.69) is 5.32 Å². The average molecular weight is 320 g/mol. The fraction of sp³-hybridized carbons (Fsp3) is 0.235. The zero-order valence-corrected chi connectivity index (χ0v) is 13.3. The van der Waals surface area contributed by atoms with Crippen molar-refractivity contribution in [1.82, 2.24) is 0 Å². The molecule has 0 bridgehead atoms. The Kier molecular flexibility index (Phi) is 5.67. The summed E-state index contributed by atoms with van der Waals surface area (Å²) in [6.07, 6.45) is 0.939. The minimum atomic E-state index is -0.105. The van der Waals surface area contributed by atoms with Crippen molar-refractivity contribution in [2.45, 2.75) is 12.8 Å². The molecule has 4 nitrogen and oxygen atoms in total. The SMILES string of the molecule is COc1ccccc1CCC(=O)Nc1cc(Cl)ccc1OC. The second kappa shape index (κ2) is 7.71. The van der Waals surface area contributed by atoms with Gasteiger partial charge in [-0.2, -0.15) is 0 Å². The van der Waals surface area contributed by atoms with Crippen LogP contribution in [-0.2, 0) is 11.2 Å². The molecule has 5 heteroatoms. The molecule has 0 saturated carbocycles. The molecule has 0 spiro atoms. The first-order valence-corrected chi connectivity index (χ1v) is 7.27. The quantitative estimate of drug-likeness (QED) is 0.877. The molecular weight excluding hydrogens is 302 g/mol. The Morgan fingerprint density at radius 1 is 1.09 bits per heavy atom. The van der Waals surface area contributed by atoms with Gasteiger partial charge in [0.15, 0.2) is 0 Å². The number of amides is 1. The van der Waals surface area contributed by atoms with Gasteiger partial charge in [0, 0.05) is 11.4 Å². The largest absolute Gasteiger partial charge is 0.496 e. The molecule has 0 unspecified atom stereocenters. The molecule has 0 atom stereocenters. The standard InChI is InChI=1S/C17H18ClNO3/c1-21-15-6-4-3-5-12(15)7-10-17(20)19-14-11-13(18)8-9-16(14)22-2/h3-6,8-9,11H,7,10H2,1-2H3,(H,19,20). The van der Waals surface area contributed by atoms with Crippen LogP contribution >= 0.6 is 11.6 Å². The van der Waals surface area contributed by atoms with Gasteiger partial charge >= 0.3 is 0 Å². The highest BCUT2D eigenvalue weighted by molar-refractivity contribution is 6.31. The Hall–Kier alpha value is -2.20. The van der Waals surface area contributed by atoms with E-state index >= 15 is 0 Å². The summed E-state index contributed by atoms with van der Waals surface area (Å²) in [5.74, 6) is 1.26. The lowest BCUT2D eigenvalue weighted by atomic mass is 10.1. The van der Waals surface area contributed by atoms with E-state index in [1.807, 2.05) is 24.3 Å². The predicted octanol–water partition coefficient (Wildman–Crippen LogP) is 3.93. The van der Waals surface area contributed by atoms with Gasteiger partial charge in [0.1, 0.15) is 11.5 Å². The summed E-state index contributed by atoms with van der Waals surface area (Å²) in [5, 5.41) is 3.36. The van der Waals surface area contributed by atoms with Crippen molar-refractivity contribution < 1.29 is 14.3 Å². The summed E-state index contributed by atoms with van der Waals surface area (Å²) >= 11 is 5.95. The highest BCUT2D eigenvalue weighted by Gasteiger charge is 2.10. The number of hydrogen-bond acceptors (Lipinski definition) is 3. The van der Waals surface area contributed by atoms with Crippen molar-refractivity contribution in [2.24, 2.45) is 0 Å². The van der Waals surface area contributed by atoms with Crippen LogP contribution in [0.4, 0.5) is 5.69 Å². The predicted molar refractivity (Wildman–Crippen MR) is 87.9 cm³/mol. The first-order valence-electron chi connectivity index (χ1n) is 6.89. The topological polar surface area (TPSA) is 47.6 Å². The van der Waals surface area contributed by atoms with Gasteiger partial charge in [-0.1, -0.05) is 29.8 Å². The number of rotatable bonds is 6. The summed E-state index contributed by atoms with van der Waals surface area (Å²) in [4.78, 5) is 12.1. The zero-order valence-electron chi connectivity index (χ0n) is 12.6. The van der Waals surface area contributed by atoms with Crippen LogP contribution in [0.1, 0.15) is 12.0 Å². The second-order valence-corrected chi connectivity index (χ2v) is 5.14. The van der Waals surface area contributed by atoms with Gasteiger partial charge in [-0.15, -0.1) is 0 Å². The number of ether oxygens (including phenoxy) is 2. The monoisotopic (exact) mass is 319 g/mol. The van der Waals surface area contributed by atoms with Crippen molar-refractivity contribution >= 4 is 23.2 Å². The maximum absolute atomic E-state index is 12.1. The number of benzene rings is 2. The van der Waals surface area contributed by atoms with Crippen LogP contribution in [0.5, 0.6) is 11.5 Å². The van der Waals surface area contributed by atoms with Gasteiger partial charge in [-0.05, 0) is 36.2 Å². The van der Waals surface area contributed by atoms with Crippen LogP contribution in [0.2, 0.25) is 5.02 Å². The number of halogens is 1. The first kappa shape index (κ1) is 16.2. The van der Waals surface area contributed by atoms with Gasteiger partial charge in [0.2, 0.25) is 5.91 Å². The molecule has 2 aromatic carbocycles. The van der Waals surface area contributed by atoms with Crippen LogP contribution < -0.4 is 14.8 Å². The van der Waals surface area contributed by atoms with E-state index in [1.165, 1.54) is 0 Å². The molecule has 116 valence electrons. The van der Waals surface area contributed by atoms with Gasteiger partial charge in [0.25, 0.3) is 0 Å². The molecule has 22 heavy (non-hydrogen) atoms. The number of carbonyl (C=O) groups is 1. The van der Waals surface area contributed by atoms with Crippen molar-refractivity contribution in [3.8, 4) is 11.5 Å². The van der Waals surface area contributed by atoms with Crippen molar-refractivity contribution in [2.75, 3.05) is 19.5 Å². The molecule has 1 amide bonds. The lowest BCUT2D eigenvalue weighted by molar-refractivity contribution is -0.116. The molecule has 1 N–H and O–H groups in total. The molecule has 0 heterocycles. The Morgan fingerprint density at radius 2 is 1.82 bits per heavy atom. The van der Waals surface area contributed by atoms with E-state index in [1.54, 1.807) is 32.4 Å². The van der Waals surface area contributed by atoms with Crippen molar-refractivity contribution in [3.05, 3.63) is 53.1 Å². The highest BCUT2D eigenvalue weighted by Crippen LogP contribution is 2.28. The molecule has 0 saturated heterocycles. The normalized spacial score (nSPS) is 10.1. The van der Waals surface area contributed by atoms with Gasteiger partial charge in [-0.25, -0.2) is 0 Å². The third kappa shape index (κ3) is 4.15. The number of anilines is 1. The van der Waals surface area contributed by atoms with Crippen LogP contribution in [0.3, 0.4) is 0 Å². The van der Waals surface area contributed by atoms with Crippen molar-refractivity contribution in [3.63, 3.8) is 0 Å². The average Bonchev–Trinajstić information content (AvgIpc) is 2.53. The van der Waals surface area contributed by atoms with E-state index < -0.39 is 0 Å². The zero-order chi connectivity index (χ0) is 15.9. The summed E-state index contributed by atoms with van der Waals surface area (Å²) in [7, 11) is 3.17. The minimum absolute atomic E-state index is 0.105. The number of hydrogen-bond donors (Lipinski definition) is 1. The maximum Gasteiger partial charge on any atom is 0.224 e. The molecule has 0 aliphatic heterocycles. The Morgan fingerprint density at radius 3 is 2.55 bits per heavy atom. The van der Waals surface area contributed by atoms with Crippen LogP contribution in [0.25, 0.3) is 0 Å². The van der Waals surface area contributed by atoms with Crippen LogP contribution in [-0.4, -0.2) is 20.1 Å². The minimum Gasteiger partial charge on any atom is -0.496 e. The van der Waals surface area contributed by atoms with E-state index in [9.17, 15) is 4.79 Å². The lowest BCUT2D eigenvalue weighted by Gasteiger charge is -2.11. The summed E-state index contributed by atoms with van der Waals surface area (Å²) < 4.78 is 10.5. The fourth-order valence-corrected chi connectivity index (χ4v) is 2.32. The van der Waals surface area contributed by atoms with Gasteiger partial charge < -0.3 is 14.8 Å². The number of para-hydroxylation sites is 1. The first-order chi connectivity index (χ1) is 10.6. The molecule has 0 fully saturated rings. The van der Waals surface area contributed by atoms with Crippen LogP contribution in [0, 0.1) is 0 Å². The Balaban J connectivity index is 2.00. The summed E-state index contributed by atoms with van der Waals surface area (Å²) in [6, 6.07) is 12.8. The van der Waals surface area contributed by atoms with Crippen molar-refractivity contribution in [1.29, 1.82) is 0 Å². The number of nitrogens with one attached hydrogen (secondary N) is 1. The molecule has 0 radical (unpaired) electrons. The molecule has 0 aliphatic rings. The summed E-state index contributed by atoms with van der Waals surface area (Å²) in [6.45, 7) is 0. The smallest absolute Gasteiger partial charge is 0.224 e. The van der Waals surface area contributed by atoms with E-state index in [4.69, 9.17) is 21.1 Å². The Labute approximate surface area is 135 Å². The van der Waals surface area contributed by atoms with Crippen LogP contribution in [0.15, 0.2) is 42.5 Å². The third-order valence-corrected chi connectivity index (χ3v) is 3.48. The van der Waals surface area contributed by atoms with Gasteiger partial charge in [0.05, 0.1) is 19.9 Å². The third-order valence-electron chi connectivity index (χ3n) is 3.25. The van der Waals surface area contributed by atoms with E-state index in [-0.39, 0.29) is 5.91 Å². The Bertz CT molecular complexity index is 658. The number of aryl methyl sites for hydroxylation is 1. The van der Waals surface area contributed by atoms with E-state index in [0.717, 1.165) is 11.3 Å². The molecular formula is C17H18ClNO3. The maximum atomic E-state index is 12.1. The number of methoxy groups -OCH3 is 2. The summed E-state index contributed by atoms with van der Waals surface area (Å²) in [5.41, 5.74) is 1.57. The molecule has 2 rings (SSSR count). The molecule has 2 aromatic rings. The fourth-order valence-electron chi connectivity index (χ4n) is 2.15. The lowest BCUT2D eigenvalue weighted by Crippen LogP contribution is -2.13. The van der Waals surface area contributed by atoms with Gasteiger partial charge in [-0.3, -0.25) is 4.79 Å². The van der Waals surface area contributed by atoms with E-state index in [0.29, 0.717) is 29.3 Å².